The lowest BCUT2D eigenvalue weighted by atomic mass is 9.99. The monoisotopic (exact) mass is 373 g/mol. The summed E-state index contributed by atoms with van der Waals surface area (Å²) in [5, 5.41) is 0. The molecule has 1 rings (SSSR count). The molecule has 2 N–H and O–H groups in total. The molecule has 0 aliphatic carbocycles. The van der Waals surface area contributed by atoms with Crippen molar-refractivity contribution < 1.29 is 0 Å². The molecule has 0 fully saturated rings. The summed E-state index contributed by atoms with van der Waals surface area (Å²) in [7, 11) is 1.50. The molecule has 0 saturated heterocycles. The topological polar surface area (TPSA) is 26.0 Å². The predicted octanol–water partition coefficient (Wildman–Crippen LogP) is 7.98. The molecule has 0 atom stereocenters. The standard InChI is InChI=1S/C12H20.C11H16.C2H6.CH5N/c1-7-11(6)12(10(4)5)8-9(2)3;1-4-10-6-7-11(5-2)9(3)8-10;2*1-2/h8H,6-7H2,1-5H3;6-8H,4-5H2,1-3H3;1-2H3;2H2,1H3. The van der Waals surface area contributed by atoms with Gasteiger partial charge in [0.2, 0.25) is 0 Å². The summed E-state index contributed by atoms with van der Waals surface area (Å²) in [6.45, 7) is 25.3. The van der Waals surface area contributed by atoms with E-state index in [1.54, 1.807) is 0 Å². The van der Waals surface area contributed by atoms with Crippen LogP contribution in [0.2, 0.25) is 0 Å². The Bertz CT molecular complexity index is 566. The highest BCUT2D eigenvalue weighted by atomic mass is 14.4. The van der Waals surface area contributed by atoms with Crippen molar-refractivity contribution in [1.29, 1.82) is 0 Å². The summed E-state index contributed by atoms with van der Waals surface area (Å²) >= 11 is 0. The quantitative estimate of drug-likeness (QED) is 0.520. The molecule has 0 unspecified atom stereocenters. The second-order valence-corrected chi connectivity index (χ2v) is 6.56. The van der Waals surface area contributed by atoms with Crippen LogP contribution in [-0.2, 0) is 12.8 Å². The molecule has 0 heterocycles. The Balaban J connectivity index is -0.000000360. The Hall–Kier alpha value is -1.60. The second-order valence-electron chi connectivity index (χ2n) is 6.56. The summed E-state index contributed by atoms with van der Waals surface area (Å²) in [5.74, 6) is 0. The first-order chi connectivity index (χ1) is 12.8. The van der Waals surface area contributed by atoms with Gasteiger partial charge in [0.1, 0.15) is 0 Å². The van der Waals surface area contributed by atoms with Crippen LogP contribution in [0.3, 0.4) is 0 Å². The van der Waals surface area contributed by atoms with E-state index in [2.05, 4.69) is 92.0 Å². The highest BCUT2D eigenvalue weighted by Crippen LogP contribution is 2.18. The smallest absolute Gasteiger partial charge is 0.0195 e. The first-order valence-corrected chi connectivity index (χ1v) is 10.4. The van der Waals surface area contributed by atoms with Crippen molar-refractivity contribution >= 4 is 0 Å². The number of hydrogen-bond acceptors (Lipinski definition) is 1. The van der Waals surface area contributed by atoms with E-state index in [1.165, 1.54) is 46.0 Å². The van der Waals surface area contributed by atoms with Crippen molar-refractivity contribution in [3.63, 3.8) is 0 Å². The van der Waals surface area contributed by atoms with Crippen LogP contribution in [0, 0.1) is 6.92 Å². The zero-order valence-electron chi connectivity index (χ0n) is 20.2. The van der Waals surface area contributed by atoms with Crippen LogP contribution < -0.4 is 5.73 Å². The van der Waals surface area contributed by atoms with Crippen LogP contribution >= 0.6 is 0 Å². The first-order valence-electron chi connectivity index (χ1n) is 10.4. The zero-order chi connectivity index (χ0) is 22.0. The third-order valence-corrected chi connectivity index (χ3v) is 3.98. The highest BCUT2D eigenvalue weighted by molar-refractivity contribution is 5.41. The van der Waals surface area contributed by atoms with Gasteiger partial charge in [0.15, 0.2) is 0 Å². The number of benzene rings is 1. The SMILES string of the molecule is C=C(CC)C(C=C(C)C)=C(C)C.CC.CCc1ccc(CC)c(C)c1.CN. The van der Waals surface area contributed by atoms with Crippen molar-refractivity contribution in [3.05, 3.63) is 69.8 Å². The van der Waals surface area contributed by atoms with Crippen LogP contribution in [0.25, 0.3) is 0 Å². The highest BCUT2D eigenvalue weighted by Gasteiger charge is 1.99. The van der Waals surface area contributed by atoms with Gasteiger partial charge in [0.05, 0.1) is 0 Å². The molecule has 0 saturated carbocycles. The van der Waals surface area contributed by atoms with Crippen molar-refractivity contribution in [1.82, 2.24) is 0 Å². The Morgan fingerprint density at radius 1 is 0.963 bits per heavy atom. The van der Waals surface area contributed by atoms with E-state index in [0.29, 0.717) is 0 Å². The molecule has 1 nitrogen and oxygen atoms in total. The molecule has 0 aliphatic heterocycles. The third kappa shape index (κ3) is 14.2. The molecule has 1 heteroatoms. The minimum absolute atomic E-state index is 1.03. The van der Waals surface area contributed by atoms with E-state index in [-0.39, 0.29) is 0 Å². The lowest BCUT2D eigenvalue weighted by molar-refractivity contribution is 1.07. The van der Waals surface area contributed by atoms with E-state index in [4.69, 9.17) is 0 Å². The van der Waals surface area contributed by atoms with E-state index in [9.17, 15) is 0 Å². The molecule has 27 heavy (non-hydrogen) atoms. The molecule has 0 aliphatic rings. The van der Waals surface area contributed by atoms with Gasteiger partial charge in [-0.3, -0.25) is 0 Å². The number of aryl methyl sites for hydroxylation is 3. The van der Waals surface area contributed by atoms with Crippen molar-refractivity contribution in [2.45, 2.75) is 88.5 Å². The number of hydrogen-bond donors (Lipinski definition) is 1. The fourth-order valence-electron chi connectivity index (χ4n) is 2.45. The van der Waals surface area contributed by atoms with Crippen LogP contribution in [0.4, 0.5) is 0 Å². The lowest BCUT2D eigenvalue weighted by Crippen LogP contribution is -1.88. The fraction of sp³-hybridized carbons (Fsp3) is 0.538. The average molecular weight is 374 g/mol. The summed E-state index contributed by atoms with van der Waals surface area (Å²) in [5.41, 5.74) is 14.1. The normalized spacial score (nSPS) is 8.59. The maximum atomic E-state index is 4.50. The third-order valence-electron chi connectivity index (χ3n) is 3.98. The van der Waals surface area contributed by atoms with E-state index >= 15 is 0 Å². The maximum absolute atomic E-state index is 4.50. The van der Waals surface area contributed by atoms with E-state index in [1.807, 2.05) is 13.8 Å². The van der Waals surface area contributed by atoms with Gasteiger partial charge in [-0.15, -0.1) is 0 Å². The van der Waals surface area contributed by atoms with Crippen molar-refractivity contribution in [2.75, 3.05) is 7.05 Å². The van der Waals surface area contributed by atoms with Gasteiger partial charge in [-0.2, -0.15) is 0 Å². The van der Waals surface area contributed by atoms with Gasteiger partial charge < -0.3 is 5.73 Å². The van der Waals surface area contributed by atoms with Gasteiger partial charge in [0.25, 0.3) is 0 Å². The van der Waals surface area contributed by atoms with E-state index in [0.717, 1.165) is 19.3 Å². The lowest BCUT2D eigenvalue weighted by Gasteiger charge is -2.07. The van der Waals surface area contributed by atoms with Gasteiger partial charge in [-0.05, 0) is 88.8 Å². The molecule has 0 radical (unpaired) electrons. The summed E-state index contributed by atoms with van der Waals surface area (Å²) in [4.78, 5) is 0. The van der Waals surface area contributed by atoms with Crippen LogP contribution in [0.5, 0.6) is 0 Å². The average Bonchev–Trinajstić information content (AvgIpc) is 2.68. The molecule has 0 amide bonds. The Morgan fingerprint density at radius 2 is 1.48 bits per heavy atom. The summed E-state index contributed by atoms with van der Waals surface area (Å²) < 4.78 is 0. The molecule has 1 aromatic carbocycles. The Morgan fingerprint density at radius 3 is 1.78 bits per heavy atom. The number of nitrogens with two attached hydrogens (primary N) is 1. The van der Waals surface area contributed by atoms with E-state index < -0.39 is 0 Å². The van der Waals surface area contributed by atoms with Crippen LogP contribution in [-0.4, -0.2) is 7.05 Å². The molecule has 156 valence electrons. The van der Waals surface area contributed by atoms with Gasteiger partial charge in [-0.1, -0.05) is 76.6 Å². The first kappa shape index (κ1) is 30.1. The minimum Gasteiger partial charge on any atom is -0.333 e. The zero-order valence-corrected chi connectivity index (χ0v) is 20.2. The summed E-state index contributed by atoms with van der Waals surface area (Å²) in [6, 6.07) is 6.76. The Labute approximate surface area is 171 Å². The molecule has 0 bridgehead atoms. The van der Waals surface area contributed by atoms with Crippen LogP contribution in [0.15, 0.2) is 53.1 Å². The van der Waals surface area contributed by atoms with Gasteiger partial charge in [-0.25, -0.2) is 0 Å². The Kier molecular flexibility index (Phi) is 21.4. The number of allylic oxidation sites excluding steroid dienone is 5. The molecular formula is C26H47N. The molecule has 0 aromatic heterocycles. The van der Waals surface area contributed by atoms with Crippen molar-refractivity contribution in [3.8, 4) is 0 Å². The van der Waals surface area contributed by atoms with Crippen molar-refractivity contribution in [2.24, 2.45) is 5.73 Å². The molecule has 0 spiro atoms. The minimum atomic E-state index is 1.03. The maximum Gasteiger partial charge on any atom is -0.0195 e. The predicted molar refractivity (Wildman–Crippen MR) is 129 cm³/mol. The van der Waals surface area contributed by atoms with Gasteiger partial charge >= 0.3 is 0 Å². The number of rotatable bonds is 5. The largest absolute Gasteiger partial charge is 0.333 e. The van der Waals surface area contributed by atoms with Gasteiger partial charge in [0, 0.05) is 0 Å². The second kappa shape index (κ2) is 19.2. The fourth-order valence-corrected chi connectivity index (χ4v) is 2.45. The molecule has 1 aromatic rings. The van der Waals surface area contributed by atoms with Crippen LogP contribution in [0.1, 0.15) is 85.4 Å². The molecular weight excluding hydrogens is 326 g/mol. The summed E-state index contributed by atoms with van der Waals surface area (Å²) in [6.07, 6.45) is 5.53.